The third kappa shape index (κ3) is 2.52. The van der Waals surface area contributed by atoms with Crippen molar-refractivity contribution in [3.05, 3.63) is 28.8 Å². The van der Waals surface area contributed by atoms with Crippen molar-refractivity contribution in [2.24, 2.45) is 7.05 Å². The van der Waals surface area contributed by atoms with Gasteiger partial charge in [0.1, 0.15) is 5.82 Å². The normalized spacial score (nSPS) is 18.6. The van der Waals surface area contributed by atoms with Crippen LogP contribution in [0, 0.1) is 0 Å². The van der Waals surface area contributed by atoms with E-state index in [1.54, 1.807) is 15.4 Å². The van der Waals surface area contributed by atoms with Crippen LogP contribution >= 0.6 is 27.7 Å². The molecule has 4 heterocycles. The fourth-order valence-electron chi connectivity index (χ4n) is 2.73. The number of halogens is 1. The van der Waals surface area contributed by atoms with Gasteiger partial charge in [-0.25, -0.2) is 4.98 Å². The van der Waals surface area contributed by atoms with Gasteiger partial charge in [0.25, 0.3) is 0 Å². The van der Waals surface area contributed by atoms with Gasteiger partial charge in [0, 0.05) is 43.2 Å². The summed E-state index contributed by atoms with van der Waals surface area (Å²) in [5, 5.41) is 12.3. The number of thioether (sulfide) groups is 1. The number of aromatic nitrogens is 5. The molecular weight excluding hydrogens is 378 g/mol. The molecule has 0 amide bonds. The van der Waals surface area contributed by atoms with Crippen LogP contribution in [-0.2, 0) is 7.05 Å². The first-order valence-corrected chi connectivity index (χ1v) is 9.13. The summed E-state index contributed by atoms with van der Waals surface area (Å²) in [4.78, 5) is 4.88. The number of anilines is 1. The van der Waals surface area contributed by atoms with Gasteiger partial charge in [-0.1, -0.05) is 0 Å². The summed E-state index contributed by atoms with van der Waals surface area (Å²) in [6.45, 7) is 1.92. The van der Waals surface area contributed by atoms with Gasteiger partial charge in [-0.05, 0) is 15.9 Å². The third-order valence-electron chi connectivity index (χ3n) is 3.90. The molecule has 4 rings (SSSR count). The zero-order chi connectivity index (χ0) is 16.0. The van der Waals surface area contributed by atoms with Crippen LogP contribution in [0.2, 0.25) is 0 Å². The second-order valence-corrected chi connectivity index (χ2v) is 7.56. The lowest BCUT2D eigenvalue weighted by Gasteiger charge is -2.23. The Morgan fingerprint density at radius 1 is 1.39 bits per heavy atom. The molecule has 0 aliphatic carbocycles. The minimum atomic E-state index is 0.280. The third-order valence-corrected chi connectivity index (χ3v) is 5.94. The first kappa shape index (κ1) is 15.0. The number of hydrogen-bond donors (Lipinski definition) is 2. The highest BCUT2D eigenvalue weighted by Gasteiger charge is 2.24. The number of nitrogens with one attached hydrogen (secondary N) is 1. The predicted molar refractivity (Wildman–Crippen MR) is 95.4 cm³/mol. The summed E-state index contributed by atoms with van der Waals surface area (Å²) < 4.78 is 4.27. The highest BCUT2D eigenvalue weighted by Crippen LogP contribution is 2.37. The van der Waals surface area contributed by atoms with Crippen LogP contribution in [0.5, 0.6) is 0 Å². The smallest absolute Gasteiger partial charge is 0.165 e. The van der Waals surface area contributed by atoms with E-state index in [1.807, 2.05) is 31.2 Å². The summed E-state index contributed by atoms with van der Waals surface area (Å²) in [6, 6.07) is 0. The Hall–Kier alpha value is -1.58. The molecule has 23 heavy (non-hydrogen) atoms. The molecule has 1 saturated heterocycles. The lowest BCUT2D eigenvalue weighted by atomic mass is 10.2. The molecule has 0 radical (unpaired) electrons. The molecule has 3 N–H and O–H groups in total. The van der Waals surface area contributed by atoms with E-state index in [4.69, 9.17) is 10.7 Å². The molecule has 0 saturated carbocycles. The molecule has 0 unspecified atom stereocenters. The van der Waals surface area contributed by atoms with Crippen molar-refractivity contribution in [2.75, 3.05) is 24.6 Å². The van der Waals surface area contributed by atoms with Crippen molar-refractivity contribution in [1.29, 1.82) is 0 Å². The van der Waals surface area contributed by atoms with Crippen molar-refractivity contribution < 1.29 is 0 Å². The number of hydrogen-bond acceptors (Lipinski definition) is 6. The molecule has 1 atom stereocenters. The Kier molecular flexibility index (Phi) is 3.78. The van der Waals surface area contributed by atoms with Crippen molar-refractivity contribution in [1.82, 2.24) is 29.7 Å². The molecule has 3 aromatic rings. The SMILES string of the molecule is Cn1cc(-c2cnn3c(N)c(Br)c([C@H]4CNCCS4)nc23)cn1. The van der Waals surface area contributed by atoms with Gasteiger partial charge in [-0.3, -0.25) is 4.68 Å². The van der Waals surface area contributed by atoms with Crippen LogP contribution < -0.4 is 11.1 Å². The molecular formula is C14H16BrN7S. The van der Waals surface area contributed by atoms with Crippen LogP contribution in [-0.4, -0.2) is 43.2 Å². The lowest BCUT2D eigenvalue weighted by Crippen LogP contribution is -2.29. The predicted octanol–water partition coefficient (Wildman–Crippen LogP) is 1.85. The van der Waals surface area contributed by atoms with Gasteiger partial charge < -0.3 is 11.1 Å². The topological polar surface area (TPSA) is 86.1 Å². The number of nitrogens with zero attached hydrogens (tertiary/aromatic N) is 5. The Balaban J connectivity index is 1.89. The van der Waals surface area contributed by atoms with Crippen LogP contribution in [0.4, 0.5) is 5.82 Å². The largest absolute Gasteiger partial charge is 0.383 e. The number of aryl methyl sites for hydroxylation is 1. The second-order valence-electron chi connectivity index (χ2n) is 5.46. The quantitative estimate of drug-likeness (QED) is 0.690. The average molecular weight is 394 g/mol. The summed E-state index contributed by atoms with van der Waals surface area (Å²) in [6.07, 6.45) is 5.55. The van der Waals surface area contributed by atoms with Crippen LogP contribution in [0.1, 0.15) is 10.9 Å². The van der Waals surface area contributed by atoms with E-state index in [9.17, 15) is 0 Å². The molecule has 0 bridgehead atoms. The minimum Gasteiger partial charge on any atom is -0.383 e. The monoisotopic (exact) mass is 393 g/mol. The van der Waals surface area contributed by atoms with Crippen molar-refractivity contribution in [3.63, 3.8) is 0 Å². The zero-order valence-corrected chi connectivity index (χ0v) is 14.9. The van der Waals surface area contributed by atoms with Crippen molar-refractivity contribution in [2.45, 2.75) is 5.25 Å². The summed E-state index contributed by atoms with van der Waals surface area (Å²) in [7, 11) is 1.89. The van der Waals surface area contributed by atoms with Gasteiger partial charge in [0.15, 0.2) is 5.65 Å². The zero-order valence-electron chi connectivity index (χ0n) is 12.5. The highest BCUT2D eigenvalue weighted by atomic mass is 79.9. The summed E-state index contributed by atoms with van der Waals surface area (Å²) in [5.74, 6) is 1.64. The van der Waals surface area contributed by atoms with Crippen molar-refractivity contribution in [3.8, 4) is 11.1 Å². The molecule has 3 aromatic heterocycles. The molecule has 120 valence electrons. The lowest BCUT2D eigenvalue weighted by molar-refractivity contribution is 0.678. The maximum Gasteiger partial charge on any atom is 0.165 e. The fraction of sp³-hybridized carbons (Fsp3) is 0.357. The van der Waals surface area contributed by atoms with Crippen molar-refractivity contribution >= 4 is 39.2 Å². The van der Waals surface area contributed by atoms with Gasteiger partial charge in [0.05, 0.1) is 27.8 Å². The summed E-state index contributed by atoms with van der Waals surface area (Å²) >= 11 is 5.50. The number of rotatable bonds is 2. The van der Waals surface area contributed by atoms with E-state index < -0.39 is 0 Å². The molecule has 1 fully saturated rings. The second kappa shape index (κ2) is 5.81. The molecule has 7 nitrogen and oxygen atoms in total. The van der Waals surface area contributed by atoms with Gasteiger partial charge in [-0.15, -0.1) is 11.8 Å². The van der Waals surface area contributed by atoms with Gasteiger partial charge >= 0.3 is 0 Å². The number of nitrogens with two attached hydrogens (primary N) is 1. The Labute approximate surface area is 145 Å². The first-order valence-electron chi connectivity index (χ1n) is 7.29. The van der Waals surface area contributed by atoms with Gasteiger partial charge in [0.2, 0.25) is 0 Å². The maximum atomic E-state index is 6.29. The van der Waals surface area contributed by atoms with E-state index in [0.717, 1.165) is 45.8 Å². The Morgan fingerprint density at radius 3 is 2.96 bits per heavy atom. The number of fused-ring (bicyclic) bond motifs is 1. The van der Waals surface area contributed by atoms with E-state index in [1.165, 1.54) is 0 Å². The average Bonchev–Trinajstić information content (AvgIpc) is 3.17. The van der Waals surface area contributed by atoms with E-state index in [0.29, 0.717) is 5.82 Å². The molecule has 9 heteroatoms. The summed E-state index contributed by atoms with van der Waals surface area (Å²) in [5.41, 5.74) is 9.94. The van der Waals surface area contributed by atoms with Crippen LogP contribution in [0.15, 0.2) is 23.1 Å². The Bertz CT molecular complexity index is 866. The van der Waals surface area contributed by atoms with E-state index >= 15 is 0 Å². The molecule has 0 aromatic carbocycles. The van der Waals surface area contributed by atoms with Crippen LogP contribution in [0.3, 0.4) is 0 Å². The highest BCUT2D eigenvalue weighted by molar-refractivity contribution is 9.10. The molecule has 0 spiro atoms. The van der Waals surface area contributed by atoms with Crippen LogP contribution in [0.25, 0.3) is 16.8 Å². The maximum absolute atomic E-state index is 6.29. The standard InChI is InChI=1S/C14H16BrN7S/c1-21-7-8(4-18-21)9-5-19-22-13(16)11(15)12(20-14(9)22)10-6-17-2-3-23-10/h4-5,7,10,17H,2-3,6,16H2,1H3/t10-/m1/s1. The van der Waals surface area contributed by atoms with E-state index in [2.05, 4.69) is 31.4 Å². The first-order chi connectivity index (χ1) is 11.1. The minimum absolute atomic E-state index is 0.280. The van der Waals surface area contributed by atoms with Gasteiger partial charge in [-0.2, -0.15) is 14.7 Å². The number of nitrogen functional groups attached to an aromatic ring is 1. The Morgan fingerprint density at radius 2 is 2.26 bits per heavy atom. The molecule has 1 aliphatic rings. The molecule has 1 aliphatic heterocycles. The fourth-order valence-corrected chi connectivity index (χ4v) is 4.53. The van der Waals surface area contributed by atoms with E-state index in [-0.39, 0.29) is 5.25 Å².